The third kappa shape index (κ3) is 4.44. The fourth-order valence-corrected chi connectivity index (χ4v) is 3.55. The molecule has 4 rings (SSSR count). The van der Waals surface area contributed by atoms with Crippen LogP contribution in [0.3, 0.4) is 0 Å². The number of amides is 2. The molecule has 2 amide bonds. The van der Waals surface area contributed by atoms with Crippen LogP contribution < -0.4 is 16.4 Å². The third-order valence-electron chi connectivity index (χ3n) is 5.32. The minimum Gasteiger partial charge on any atom is -0.459 e. The smallest absolute Gasteiger partial charge is 0.243 e. The van der Waals surface area contributed by atoms with Gasteiger partial charge in [-0.15, -0.1) is 0 Å². The monoisotopic (exact) mass is 407 g/mol. The summed E-state index contributed by atoms with van der Waals surface area (Å²) in [5.41, 5.74) is 7.69. The highest BCUT2D eigenvalue weighted by Crippen LogP contribution is 2.23. The number of fused-ring (bicyclic) bond motifs is 1. The molecule has 0 radical (unpaired) electrons. The van der Waals surface area contributed by atoms with E-state index in [-0.39, 0.29) is 24.9 Å². The lowest BCUT2D eigenvalue weighted by Crippen LogP contribution is -2.59. The highest BCUT2D eigenvalue weighted by molar-refractivity contribution is 5.90. The molecule has 30 heavy (non-hydrogen) atoms. The Balaban J connectivity index is 1.22. The molecule has 1 aliphatic rings. The number of nitrogen functional groups attached to an aromatic ring is 1. The Kier molecular flexibility index (Phi) is 5.94. The molecule has 156 valence electrons. The largest absolute Gasteiger partial charge is 0.459 e. The Morgan fingerprint density at radius 2 is 2.07 bits per heavy atom. The topological polar surface area (TPSA) is 113 Å². The van der Waals surface area contributed by atoms with Crippen LogP contribution in [0.1, 0.15) is 17.7 Å². The quantitative estimate of drug-likeness (QED) is 0.487. The number of aromatic nitrogens is 1. The fraction of sp³-hybridized carbons (Fsp3) is 0.318. The van der Waals surface area contributed by atoms with Crippen LogP contribution >= 0.6 is 0 Å². The van der Waals surface area contributed by atoms with Crippen molar-refractivity contribution in [2.75, 3.05) is 25.4 Å². The zero-order valence-electron chi connectivity index (χ0n) is 16.6. The molecule has 1 fully saturated rings. The first-order chi connectivity index (χ1) is 14.6. The van der Waals surface area contributed by atoms with E-state index in [0.717, 1.165) is 11.8 Å². The van der Waals surface area contributed by atoms with Gasteiger partial charge in [-0.25, -0.2) is 4.98 Å². The number of rotatable bonds is 8. The maximum atomic E-state index is 12.5. The number of furan rings is 1. The lowest BCUT2D eigenvalue weighted by atomic mass is 10.0. The first-order valence-corrected chi connectivity index (χ1v) is 10.1. The summed E-state index contributed by atoms with van der Waals surface area (Å²) in [6, 6.07) is 13.2. The van der Waals surface area contributed by atoms with Gasteiger partial charge in [-0.3, -0.25) is 9.59 Å². The van der Waals surface area contributed by atoms with Gasteiger partial charge in [0, 0.05) is 12.7 Å². The molecule has 0 spiro atoms. The molecule has 1 aliphatic heterocycles. The molecular weight excluding hydrogens is 382 g/mol. The van der Waals surface area contributed by atoms with Gasteiger partial charge >= 0.3 is 0 Å². The second kappa shape index (κ2) is 8.96. The van der Waals surface area contributed by atoms with Gasteiger partial charge < -0.3 is 25.7 Å². The van der Waals surface area contributed by atoms with E-state index >= 15 is 0 Å². The molecule has 0 bridgehead atoms. The van der Waals surface area contributed by atoms with E-state index in [1.165, 1.54) is 5.56 Å². The number of anilines is 1. The zero-order chi connectivity index (χ0) is 20.9. The molecule has 0 saturated carbocycles. The number of pyridine rings is 1. The molecule has 4 N–H and O–H groups in total. The number of nitrogens with one attached hydrogen (secondary N) is 2. The van der Waals surface area contributed by atoms with E-state index < -0.39 is 6.04 Å². The molecule has 8 nitrogen and oxygen atoms in total. The zero-order valence-corrected chi connectivity index (χ0v) is 16.6. The van der Waals surface area contributed by atoms with Crippen LogP contribution in [0.25, 0.3) is 11.0 Å². The van der Waals surface area contributed by atoms with Crippen molar-refractivity contribution in [1.82, 2.24) is 20.5 Å². The summed E-state index contributed by atoms with van der Waals surface area (Å²) in [7, 11) is 0. The van der Waals surface area contributed by atoms with Crippen LogP contribution in [0.4, 0.5) is 5.82 Å². The molecule has 2 aromatic heterocycles. The second-order valence-corrected chi connectivity index (χ2v) is 7.34. The Morgan fingerprint density at radius 1 is 1.23 bits per heavy atom. The standard InChI is InChI=1S/C22H25N5O3/c23-21-17-12-16(30-19(17)7-10-25-21)13-26-22(29)18-8-11-27(18)20(28)14-24-9-6-15-4-2-1-3-5-15/h1-5,7,10,12,18,24H,6,8-9,11,13-14H2,(H2,23,25)(H,26,29)/t18-/m0/s1. The number of benzene rings is 1. The number of likely N-dealkylation sites (tertiary alicyclic amines) is 1. The highest BCUT2D eigenvalue weighted by atomic mass is 16.3. The van der Waals surface area contributed by atoms with Crippen molar-refractivity contribution in [1.29, 1.82) is 0 Å². The summed E-state index contributed by atoms with van der Waals surface area (Å²) in [5.74, 6) is 0.754. The predicted octanol–water partition coefficient (Wildman–Crippen LogP) is 1.46. The lowest BCUT2D eigenvalue weighted by Gasteiger charge is -2.39. The third-order valence-corrected chi connectivity index (χ3v) is 5.32. The predicted molar refractivity (Wildman–Crippen MR) is 113 cm³/mol. The van der Waals surface area contributed by atoms with Crippen LogP contribution in [0, 0.1) is 0 Å². The van der Waals surface area contributed by atoms with Crippen LogP contribution in [0.15, 0.2) is 53.1 Å². The van der Waals surface area contributed by atoms with E-state index in [1.54, 1.807) is 23.2 Å². The van der Waals surface area contributed by atoms with Crippen LogP contribution in [-0.4, -0.2) is 47.4 Å². The van der Waals surface area contributed by atoms with Gasteiger partial charge in [0.1, 0.15) is 23.2 Å². The molecule has 0 aliphatic carbocycles. The summed E-state index contributed by atoms with van der Waals surface area (Å²) < 4.78 is 5.68. The van der Waals surface area contributed by atoms with Crippen molar-refractivity contribution in [2.24, 2.45) is 0 Å². The van der Waals surface area contributed by atoms with Crippen molar-refractivity contribution in [2.45, 2.75) is 25.4 Å². The lowest BCUT2D eigenvalue weighted by molar-refractivity contribution is -0.146. The molecule has 0 unspecified atom stereocenters. The van der Waals surface area contributed by atoms with E-state index in [0.29, 0.717) is 36.7 Å². The van der Waals surface area contributed by atoms with Crippen molar-refractivity contribution in [3.63, 3.8) is 0 Å². The molecule has 3 aromatic rings. The minimum absolute atomic E-state index is 0.0583. The molecule has 3 heterocycles. The van der Waals surface area contributed by atoms with Crippen molar-refractivity contribution in [3.05, 3.63) is 60.0 Å². The first kappa shape index (κ1) is 19.9. The Morgan fingerprint density at radius 3 is 2.80 bits per heavy atom. The Bertz CT molecular complexity index is 1030. The van der Waals surface area contributed by atoms with Gasteiger partial charge in [-0.2, -0.15) is 0 Å². The average molecular weight is 407 g/mol. The van der Waals surface area contributed by atoms with Crippen molar-refractivity contribution >= 4 is 28.6 Å². The average Bonchev–Trinajstić information content (AvgIpc) is 3.14. The van der Waals surface area contributed by atoms with Gasteiger partial charge in [0.15, 0.2) is 0 Å². The summed E-state index contributed by atoms with van der Waals surface area (Å²) in [6.45, 7) is 1.78. The van der Waals surface area contributed by atoms with Crippen molar-refractivity contribution in [3.8, 4) is 0 Å². The summed E-state index contributed by atoms with van der Waals surface area (Å²) in [6.07, 6.45) is 3.10. The molecular formula is C22H25N5O3. The molecule has 8 heteroatoms. The van der Waals surface area contributed by atoms with E-state index in [4.69, 9.17) is 10.2 Å². The number of hydrogen-bond donors (Lipinski definition) is 3. The van der Waals surface area contributed by atoms with Crippen molar-refractivity contribution < 1.29 is 14.0 Å². The normalized spacial score (nSPS) is 15.7. The summed E-state index contributed by atoms with van der Waals surface area (Å²) in [5, 5.41) is 6.74. The maximum Gasteiger partial charge on any atom is 0.243 e. The number of nitrogens with two attached hydrogens (primary N) is 1. The summed E-state index contributed by atoms with van der Waals surface area (Å²) in [4.78, 5) is 30.6. The van der Waals surface area contributed by atoms with Crippen LogP contribution in [-0.2, 0) is 22.6 Å². The number of hydrogen-bond acceptors (Lipinski definition) is 6. The summed E-state index contributed by atoms with van der Waals surface area (Å²) >= 11 is 0. The van der Waals surface area contributed by atoms with Gasteiger partial charge in [0.2, 0.25) is 11.8 Å². The maximum absolute atomic E-state index is 12.5. The molecule has 1 atom stereocenters. The number of carbonyl (C=O) groups excluding carboxylic acids is 2. The van der Waals surface area contributed by atoms with Gasteiger partial charge in [0.05, 0.1) is 18.5 Å². The molecule has 1 saturated heterocycles. The van der Waals surface area contributed by atoms with E-state index in [2.05, 4.69) is 27.8 Å². The molecule has 1 aromatic carbocycles. The number of carbonyl (C=O) groups is 2. The van der Waals surface area contributed by atoms with E-state index in [1.807, 2.05) is 18.2 Å². The Hall–Kier alpha value is -3.39. The SMILES string of the molecule is Nc1nccc2oc(CNC(=O)[C@@H]3CCN3C(=O)CNCCc3ccccc3)cc12. The fourth-order valence-electron chi connectivity index (χ4n) is 3.55. The Labute approximate surface area is 174 Å². The van der Waals surface area contributed by atoms with Crippen LogP contribution in [0.5, 0.6) is 0 Å². The van der Waals surface area contributed by atoms with Crippen LogP contribution in [0.2, 0.25) is 0 Å². The number of nitrogens with zero attached hydrogens (tertiary/aromatic N) is 2. The van der Waals surface area contributed by atoms with E-state index in [9.17, 15) is 9.59 Å². The van der Waals surface area contributed by atoms with Gasteiger partial charge in [-0.05, 0) is 37.1 Å². The first-order valence-electron chi connectivity index (χ1n) is 10.1. The second-order valence-electron chi connectivity index (χ2n) is 7.34. The van der Waals surface area contributed by atoms with Gasteiger partial charge in [-0.1, -0.05) is 30.3 Å². The minimum atomic E-state index is -0.426. The van der Waals surface area contributed by atoms with Gasteiger partial charge in [0.25, 0.3) is 0 Å². The highest BCUT2D eigenvalue weighted by Gasteiger charge is 2.37.